The van der Waals surface area contributed by atoms with E-state index < -0.39 is 27.8 Å². The zero-order valence-electron chi connectivity index (χ0n) is 17.8. The Morgan fingerprint density at radius 3 is 2.31 bits per heavy atom. The van der Waals surface area contributed by atoms with Crippen LogP contribution in [0.5, 0.6) is 0 Å². The molecule has 1 aromatic carbocycles. The van der Waals surface area contributed by atoms with Gasteiger partial charge in [0.15, 0.2) is 0 Å². The summed E-state index contributed by atoms with van der Waals surface area (Å²) >= 11 is 0. The third-order valence-corrected chi connectivity index (χ3v) is 6.00. The SMILES string of the molecule is CCCCCCCCC(C#CC(C)(C)NS(=O)(=O)c1ccc(C)cc1)OC(=O)[O-]. The van der Waals surface area contributed by atoms with E-state index in [-0.39, 0.29) is 4.90 Å². The van der Waals surface area contributed by atoms with E-state index in [2.05, 4.69) is 23.5 Å². The number of carbonyl (C=O) groups is 1. The zero-order valence-corrected chi connectivity index (χ0v) is 18.6. The van der Waals surface area contributed by atoms with Crippen molar-refractivity contribution in [2.75, 3.05) is 0 Å². The molecular weight excluding hydrogens is 390 g/mol. The average Bonchev–Trinajstić information content (AvgIpc) is 2.61. The summed E-state index contributed by atoms with van der Waals surface area (Å²) in [6, 6.07) is 6.50. The van der Waals surface area contributed by atoms with Gasteiger partial charge in [0.1, 0.15) is 6.10 Å². The van der Waals surface area contributed by atoms with E-state index in [1.54, 1.807) is 26.0 Å². The molecule has 0 amide bonds. The minimum absolute atomic E-state index is 0.146. The summed E-state index contributed by atoms with van der Waals surface area (Å²) in [7, 11) is -3.76. The predicted octanol–water partition coefficient (Wildman–Crippen LogP) is 3.53. The van der Waals surface area contributed by atoms with Gasteiger partial charge in [0, 0.05) is 0 Å². The fraction of sp³-hybridized carbons (Fsp3) is 0.591. The maximum Gasteiger partial charge on any atom is 0.253 e. The van der Waals surface area contributed by atoms with Gasteiger partial charge in [0.25, 0.3) is 6.16 Å². The molecule has 0 spiro atoms. The van der Waals surface area contributed by atoms with E-state index in [4.69, 9.17) is 4.74 Å². The number of sulfonamides is 1. The number of ether oxygens (including phenoxy) is 1. The summed E-state index contributed by atoms with van der Waals surface area (Å²) in [5, 5.41) is 10.8. The minimum atomic E-state index is -3.76. The molecule has 0 aromatic heterocycles. The fourth-order valence-electron chi connectivity index (χ4n) is 2.79. The van der Waals surface area contributed by atoms with Crippen molar-refractivity contribution in [3.8, 4) is 11.8 Å². The molecule has 0 saturated carbocycles. The molecule has 0 heterocycles. The fourth-order valence-corrected chi connectivity index (χ4v) is 4.12. The summed E-state index contributed by atoms with van der Waals surface area (Å²) in [5.41, 5.74) is -0.141. The van der Waals surface area contributed by atoms with Crippen LogP contribution >= 0.6 is 0 Å². The second-order valence-corrected chi connectivity index (χ2v) is 9.41. The third kappa shape index (κ3) is 10.3. The van der Waals surface area contributed by atoms with Crippen molar-refractivity contribution in [2.45, 2.75) is 89.2 Å². The Bertz CT molecular complexity index is 804. The highest BCUT2D eigenvalue weighted by Gasteiger charge is 2.24. The number of hydrogen-bond donors (Lipinski definition) is 1. The van der Waals surface area contributed by atoms with E-state index in [9.17, 15) is 18.3 Å². The number of rotatable bonds is 11. The summed E-state index contributed by atoms with van der Waals surface area (Å²) < 4.78 is 32.4. The van der Waals surface area contributed by atoms with Gasteiger partial charge in [0.05, 0.1) is 10.4 Å². The van der Waals surface area contributed by atoms with Crippen LogP contribution in [0.15, 0.2) is 29.2 Å². The van der Waals surface area contributed by atoms with Crippen LogP contribution in [-0.2, 0) is 14.8 Å². The Balaban J connectivity index is 2.75. The van der Waals surface area contributed by atoms with Gasteiger partial charge >= 0.3 is 0 Å². The van der Waals surface area contributed by atoms with Crippen LogP contribution in [-0.4, -0.2) is 26.2 Å². The number of benzene rings is 1. The van der Waals surface area contributed by atoms with Crippen LogP contribution in [0.2, 0.25) is 0 Å². The van der Waals surface area contributed by atoms with Gasteiger partial charge in [-0.25, -0.2) is 8.42 Å². The summed E-state index contributed by atoms with van der Waals surface area (Å²) in [6.45, 7) is 7.26. The van der Waals surface area contributed by atoms with Crippen molar-refractivity contribution in [2.24, 2.45) is 0 Å². The topological polar surface area (TPSA) is 95.5 Å². The Morgan fingerprint density at radius 1 is 1.14 bits per heavy atom. The number of unbranched alkanes of at least 4 members (excludes halogenated alkanes) is 5. The van der Waals surface area contributed by atoms with E-state index in [0.29, 0.717) is 6.42 Å². The number of hydrogen-bond acceptors (Lipinski definition) is 5. The van der Waals surface area contributed by atoms with Crippen molar-refractivity contribution in [1.29, 1.82) is 0 Å². The quantitative estimate of drug-likeness (QED) is 0.334. The first-order chi connectivity index (χ1) is 13.6. The van der Waals surface area contributed by atoms with Gasteiger partial charge in [0.2, 0.25) is 10.0 Å². The maximum absolute atomic E-state index is 12.6. The molecule has 7 heteroatoms. The van der Waals surface area contributed by atoms with Crippen LogP contribution in [0, 0.1) is 18.8 Å². The predicted molar refractivity (Wildman–Crippen MR) is 112 cm³/mol. The number of aryl methyl sites for hydroxylation is 1. The van der Waals surface area contributed by atoms with E-state index in [1.807, 2.05) is 6.92 Å². The Hall–Kier alpha value is -2.04. The second kappa shape index (κ2) is 11.8. The van der Waals surface area contributed by atoms with Crippen molar-refractivity contribution in [1.82, 2.24) is 4.72 Å². The molecule has 0 aliphatic rings. The van der Waals surface area contributed by atoms with Gasteiger partial charge in [-0.3, -0.25) is 0 Å². The largest absolute Gasteiger partial charge is 0.533 e. The molecule has 0 saturated heterocycles. The van der Waals surface area contributed by atoms with Gasteiger partial charge < -0.3 is 14.6 Å². The molecule has 0 aliphatic carbocycles. The molecule has 162 valence electrons. The molecule has 1 rings (SSSR count). The lowest BCUT2D eigenvalue weighted by atomic mass is 10.0. The summed E-state index contributed by atoms with van der Waals surface area (Å²) in [5.74, 6) is 5.56. The molecule has 0 radical (unpaired) electrons. The molecule has 6 nitrogen and oxygen atoms in total. The first-order valence-corrected chi connectivity index (χ1v) is 11.5. The molecule has 0 aliphatic heterocycles. The van der Waals surface area contributed by atoms with E-state index in [0.717, 1.165) is 37.7 Å². The summed E-state index contributed by atoms with van der Waals surface area (Å²) in [6.07, 6.45) is 4.33. The van der Waals surface area contributed by atoms with Crippen molar-refractivity contribution >= 4 is 16.2 Å². The standard InChI is InChI=1S/C22H33NO5S/c1-5-6-7-8-9-10-11-19(28-21(24)25)16-17-22(3,4)23-29(26,27)20-14-12-18(2)13-15-20/h12-15,19,23H,5-11H2,1-4H3,(H,24,25)/p-1. The lowest BCUT2D eigenvalue weighted by molar-refractivity contribution is -0.285. The molecule has 0 bridgehead atoms. The smallest absolute Gasteiger partial charge is 0.253 e. The van der Waals surface area contributed by atoms with Gasteiger partial charge in [-0.2, -0.15) is 4.72 Å². The molecule has 1 aromatic rings. The second-order valence-electron chi connectivity index (χ2n) is 7.73. The van der Waals surface area contributed by atoms with Crippen molar-refractivity contribution in [3.05, 3.63) is 29.8 Å². The van der Waals surface area contributed by atoms with Crippen LogP contribution in [0.3, 0.4) is 0 Å². The monoisotopic (exact) mass is 422 g/mol. The highest BCUT2D eigenvalue weighted by molar-refractivity contribution is 7.89. The number of carboxylic acid groups (broad SMARTS) is 1. The molecular formula is C22H32NO5S-. The highest BCUT2D eigenvalue weighted by Crippen LogP contribution is 2.15. The van der Waals surface area contributed by atoms with E-state index in [1.165, 1.54) is 18.6 Å². The van der Waals surface area contributed by atoms with Crippen molar-refractivity contribution < 1.29 is 23.1 Å². The molecule has 1 unspecified atom stereocenters. The van der Waals surface area contributed by atoms with Crippen LogP contribution in [0.1, 0.15) is 71.3 Å². The average molecular weight is 423 g/mol. The molecule has 1 atom stereocenters. The Morgan fingerprint density at radius 2 is 1.72 bits per heavy atom. The van der Waals surface area contributed by atoms with E-state index >= 15 is 0 Å². The zero-order chi connectivity index (χ0) is 21.9. The van der Waals surface area contributed by atoms with Crippen LogP contribution in [0.4, 0.5) is 4.79 Å². The number of nitrogens with one attached hydrogen (secondary N) is 1. The molecule has 29 heavy (non-hydrogen) atoms. The number of carbonyl (C=O) groups excluding carboxylic acids is 1. The first kappa shape index (κ1) is 25.0. The highest BCUT2D eigenvalue weighted by atomic mass is 32.2. The minimum Gasteiger partial charge on any atom is -0.533 e. The van der Waals surface area contributed by atoms with Crippen molar-refractivity contribution in [3.63, 3.8) is 0 Å². The maximum atomic E-state index is 12.6. The molecule has 1 N–H and O–H groups in total. The Kier molecular flexibility index (Phi) is 10.2. The van der Waals surface area contributed by atoms with Gasteiger partial charge in [-0.05, 0) is 39.3 Å². The first-order valence-electron chi connectivity index (χ1n) is 10.1. The van der Waals surface area contributed by atoms with Gasteiger partial charge in [-0.15, -0.1) is 0 Å². The third-order valence-electron chi connectivity index (χ3n) is 4.32. The normalized spacial score (nSPS) is 12.7. The molecule has 0 fully saturated rings. The van der Waals surface area contributed by atoms with Gasteiger partial charge in [-0.1, -0.05) is 75.0 Å². The summed E-state index contributed by atoms with van der Waals surface area (Å²) in [4.78, 5) is 11.0. The van der Waals surface area contributed by atoms with Crippen LogP contribution in [0.25, 0.3) is 0 Å². The van der Waals surface area contributed by atoms with Crippen LogP contribution < -0.4 is 9.83 Å². The lowest BCUT2D eigenvalue weighted by Gasteiger charge is -2.21. The Labute approximate surface area is 175 Å². The lowest BCUT2D eigenvalue weighted by Crippen LogP contribution is -2.42.